The van der Waals surface area contributed by atoms with Crippen LogP contribution in [-0.2, 0) is 26.2 Å². The molecule has 0 fully saturated rings. The highest BCUT2D eigenvalue weighted by atomic mass is 35.5. The highest BCUT2D eigenvalue weighted by molar-refractivity contribution is 7.92. The third-order valence-electron chi connectivity index (χ3n) is 5.71. The van der Waals surface area contributed by atoms with E-state index in [1.54, 1.807) is 32.0 Å². The molecule has 0 aromatic heterocycles. The Labute approximate surface area is 208 Å². The van der Waals surface area contributed by atoms with Crippen LogP contribution in [-0.4, -0.2) is 50.5 Å². The predicted octanol–water partition coefficient (Wildman–Crippen LogP) is 4.06. The molecule has 1 N–H and O–H groups in total. The van der Waals surface area contributed by atoms with Crippen LogP contribution in [0.1, 0.15) is 43.4 Å². The molecule has 7 nitrogen and oxygen atoms in total. The number of nitrogens with zero attached hydrogens (tertiary/aromatic N) is 2. The Hall–Kier alpha value is -2.58. The number of unbranched alkanes of at least 4 members (excludes halogenated alkanes) is 1. The van der Waals surface area contributed by atoms with E-state index in [0.29, 0.717) is 22.8 Å². The fourth-order valence-corrected chi connectivity index (χ4v) is 4.72. The number of hydrogen-bond acceptors (Lipinski definition) is 4. The van der Waals surface area contributed by atoms with Crippen molar-refractivity contribution in [3.05, 3.63) is 64.2 Å². The van der Waals surface area contributed by atoms with Gasteiger partial charge in [0.15, 0.2) is 0 Å². The molecule has 0 aliphatic rings. The van der Waals surface area contributed by atoms with Crippen molar-refractivity contribution in [2.24, 2.45) is 0 Å². The number of benzene rings is 2. The van der Waals surface area contributed by atoms with Gasteiger partial charge in [0, 0.05) is 18.1 Å². The SMILES string of the molecule is CCCCNC(=O)C(C)N(Cc1ccccc1C)C(=O)CN(c1ccc(Cl)cc1C)S(C)(=O)=O. The van der Waals surface area contributed by atoms with Gasteiger partial charge in [0.25, 0.3) is 0 Å². The summed E-state index contributed by atoms with van der Waals surface area (Å²) >= 11 is 6.04. The zero-order valence-corrected chi connectivity index (χ0v) is 22.0. The highest BCUT2D eigenvalue weighted by Gasteiger charge is 2.30. The lowest BCUT2D eigenvalue weighted by Gasteiger charge is -2.32. The first kappa shape index (κ1) is 27.7. The van der Waals surface area contributed by atoms with Gasteiger partial charge in [-0.2, -0.15) is 0 Å². The van der Waals surface area contributed by atoms with Gasteiger partial charge in [-0.1, -0.05) is 49.2 Å². The maximum Gasteiger partial charge on any atom is 0.244 e. The van der Waals surface area contributed by atoms with E-state index >= 15 is 0 Å². The van der Waals surface area contributed by atoms with Gasteiger partial charge in [-0.15, -0.1) is 0 Å². The molecule has 0 aliphatic heterocycles. The number of carbonyl (C=O) groups is 2. The Morgan fingerprint density at radius 2 is 1.76 bits per heavy atom. The number of sulfonamides is 1. The number of hydrogen-bond donors (Lipinski definition) is 1. The Bertz CT molecular complexity index is 1120. The van der Waals surface area contributed by atoms with Crippen molar-refractivity contribution in [2.75, 3.05) is 23.7 Å². The molecule has 2 aromatic rings. The lowest BCUT2D eigenvalue weighted by Crippen LogP contribution is -2.51. The number of rotatable bonds is 11. The van der Waals surface area contributed by atoms with Crippen molar-refractivity contribution in [3.63, 3.8) is 0 Å². The third kappa shape index (κ3) is 7.46. The van der Waals surface area contributed by atoms with Crippen LogP contribution in [0.25, 0.3) is 0 Å². The molecule has 0 heterocycles. The van der Waals surface area contributed by atoms with E-state index in [-0.39, 0.29) is 12.5 Å². The number of amides is 2. The zero-order valence-electron chi connectivity index (χ0n) is 20.5. The molecule has 0 radical (unpaired) electrons. The number of anilines is 1. The van der Waals surface area contributed by atoms with Gasteiger partial charge in [0.2, 0.25) is 21.8 Å². The van der Waals surface area contributed by atoms with Crippen molar-refractivity contribution in [1.29, 1.82) is 0 Å². The maximum atomic E-state index is 13.6. The fraction of sp³-hybridized carbons (Fsp3) is 0.440. The smallest absolute Gasteiger partial charge is 0.244 e. The summed E-state index contributed by atoms with van der Waals surface area (Å²) in [5.41, 5.74) is 2.86. The summed E-state index contributed by atoms with van der Waals surface area (Å²) in [7, 11) is -3.78. The van der Waals surface area contributed by atoms with Crippen LogP contribution >= 0.6 is 11.6 Å². The summed E-state index contributed by atoms with van der Waals surface area (Å²) in [4.78, 5) is 27.8. The van der Waals surface area contributed by atoms with Gasteiger partial charge in [-0.05, 0) is 62.1 Å². The lowest BCUT2D eigenvalue weighted by atomic mass is 10.1. The number of aryl methyl sites for hydroxylation is 2. The van der Waals surface area contributed by atoms with Gasteiger partial charge in [0.05, 0.1) is 11.9 Å². The van der Waals surface area contributed by atoms with Crippen molar-refractivity contribution in [2.45, 2.75) is 53.1 Å². The molecule has 0 saturated heterocycles. The van der Waals surface area contributed by atoms with Gasteiger partial charge in [-0.3, -0.25) is 13.9 Å². The molecule has 34 heavy (non-hydrogen) atoms. The van der Waals surface area contributed by atoms with E-state index in [4.69, 9.17) is 11.6 Å². The third-order valence-corrected chi connectivity index (χ3v) is 7.07. The molecule has 0 spiro atoms. The van der Waals surface area contributed by atoms with Gasteiger partial charge in [0.1, 0.15) is 12.6 Å². The average Bonchev–Trinajstić information content (AvgIpc) is 2.76. The minimum absolute atomic E-state index is 0.186. The van der Waals surface area contributed by atoms with Crippen LogP contribution in [0.5, 0.6) is 0 Å². The number of halogens is 1. The molecule has 9 heteroatoms. The molecule has 0 saturated carbocycles. The van der Waals surface area contributed by atoms with Crippen LogP contribution < -0.4 is 9.62 Å². The molecule has 2 aromatic carbocycles. The highest BCUT2D eigenvalue weighted by Crippen LogP contribution is 2.26. The normalized spacial score (nSPS) is 12.2. The Morgan fingerprint density at radius 1 is 1.09 bits per heavy atom. The van der Waals surface area contributed by atoms with Crippen LogP contribution in [0.4, 0.5) is 5.69 Å². The molecule has 1 unspecified atom stereocenters. The Kier molecular flexibility index (Phi) is 9.94. The zero-order chi connectivity index (χ0) is 25.5. The number of nitrogens with one attached hydrogen (secondary N) is 1. The first-order valence-corrected chi connectivity index (χ1v) is 13.5. The molecule has 2 amide bonds. The van der Waals surface area contributed by atoms with E-state index < -0.39 is 28.5 Å². The minimum Gasteiger partial charge on any atom is -0.354 e. The van der Waals surface area contributed by atoms with Gasteiger partial charge < -0.3 is 10.2 Å². The molecule has 1 atom stereocenters. The van der Waals surface area contributed by atoms with Crippen molar-refractivity contribution < 1.29 is 18.0 Å². The number of carbonyl (C=O) groups excluding carboxylic acids is 2. The second-order valence-electron chi connectivity index (χ2n) is 8.47. The lowest BCUT2D eigenvalue weighted by molar-refractivity contribution is -0.139. The largest absolute Gasteiger partial charge is 0.354 e. The van der Waals surface area contributed by atoms with Crippen molar-refractivity contribution in [1.82, 2.24) is 10.2 Å². The first-order valence-electron chi connectivity index (χ1n) is 11.3. The molecule has 0 aliphatic carbocycles. The Morgan fingerprint density at radius 3 is 2.35 bits per heavy atom. The van der Waals surface area contributed by atoms with Crippen LogP contribution in [0, 0.1) is 13.8 Å². The van der Waals surface area contributed by atoms with Crippen LogP contribution in [0.2, 0.25) is 5.02 Å². The fourth-order valence-electron chi connectivity index (χ4n) is 3.58. The predicted molar refractivity (Wildman–Crippen MR) is 137 cm³/mol. The molecule has 2 rings (SSSR count). The molecular weight excluding hydrogens is 474 g/mol. The van der Waals surface area contributed by atoms with E-state index in [1.165, 1.54) is 4.90 Å². The second kappa shape index (κ2) is 12.2. The standard InChI is InChI=1S/C25H34ClN3O4S/c1-6-7-14-27-25(31)20(4)28(16-21-11-9-8-10-18(21)2)24(30)17-29(34(5,32)33)23-13-12-22(26)15-19(23)3/h8-13,15,20H,6-7,14,16-17H2,1-5H3,(H,27,31). The molecule has 186 valence electrons. The second-order valence-corrected chi connectivity index (χ2v) is 10.8. The summed E-state index contributed by atoms with van der Waals surface area (Å²) in [6.07, 6.45) is 2.83. The molecular formula is C25H34ClN3O4S. The molecule has 0 bridgehead atoms. The van der Waals surface area contributed by atoms with E-state index in [1.807, 2.05) is 38.1 Å². The average molecular weight is 508 g/mol. The summed E-state index contributed by atoms with van der Waals surface area (Å²) in [6, 6.07) is 11.6. The quantitative estimate of drug-likeness (QED) is 0.465. The minimum atomic E-state index is -3.78. The monoisotopic (exact) mass is 507 g/mol. The van der Waals surface area contributed by atoms with Gasteiger partial charge >= 0.3 is 0 Å². The van der Waals surface area contributed by atoms with Gasteiger partial charge in [-0.25, -0.2) is 8.42 Å². The summed E-state index contributed by atoms with van der Waals surface area (Å²) < 4.78 is 26.4. The first-order chi connectivity index (χ1) is 16.0. The van der Waals surface area contributed by atoms with Crippen LogP contribution in [0.3, 0.4) is 0 Å². The summed E-state index contributed by atoms with van der Waals surface area (Å²) in [5.74, 6) is -0.745. The topological polar surface area (TPSA) is 86.8 Å². The summed E-state index contributed by atoms with van der Waals surface area (Å²) in [6.45, 7) is 7.64. The van der Waals surface area contributed by atoms with Crippen molar-refractivity contribution >= 4 is 39.1 Å². The Balaban J connectivity index is 2.39. The maximum absolute atomic E-state index is 13.6. The van der Waals surface area contributed by atoms with E-state index in [2.05, 4.69) is 5.32 Å². The summed E-state index contributed by atoms with van der Waals surface area (Å²) in [5, 5.41) is 3.34. The van der Waals surface area contributed by atoms with E-state index in [0.717, 1.165) is 34.5 Å². The van der Waals surface area contributed by atoms with E-state index in [9.17, 15) is 18.0 Å². The van der Waals surface area contributed by atoms with Crippen LogP contribution in [0.15, 0.2) is 42.5 Å². The van der Waals surface area contributed by atoms with Crippen molar-refractivity contribution in [3.8, 4) is 0 Å².